The summed E-state index contributed by atoms with van der Waals surface area (Å²) in [5.41, 5.74) is 1.00. The monoisotopic (exact) mass is 276 g/mol. The molecule has 0 radical (unpaired) electrons. The van der Waals surface area contributed by atoms with Gasteiger partial charge < -0.3 is 20.3 Å². The number of pyridine rings is 1. The van der Waals surface area contributed by atoms with Gasteiger partial charge in [0.05, 0.1) is 13.2 Å². The van der Waals surface area contributed by atoms with Gasteiger partial charge in [0.1, 0.15) is 5.82 Å². The Kier molecular flexibility index (Phi) is 5.37. The Hall–Kier alpha value is -2.08. The molecule has 1 aliphatic heterocycles. The summed E-state index contributed by atoms with van der Waals surface area (Å²) in [5.74, 6) is 0.917. The predicted molar refractivity (Wildman–Crippen MR) is 77.7 cm³/mol. The summed E-state index contributed by atoms with van der Waals surface area (Å²) in [6, 6.07) is 3.65. The maximum Gasteiger partial charge on any atom is 0.315 e. The normalized spacial score (nSPS) is 14.7. The molecule has 0 atom stereocenters. The summed E-state index contributed by atoms with van der Waals surface area (Å²) < 4.78 is 5.34. The fourth-order valence-electron chi connectivity index (χ4n) is 2.03. The molecule has 108 valence electrons. The van der Waals surface area contributed by atoms with Gasteiger partial charge in [0.25, 0.3) is 0 Å². The first-order valence-corrected chi connectivity index (χ1v) is 6.70. The van der Waals surface area contributed by atoms with Crippen LogP contribution in [0.15, 0.2) is 31.0 Å². The first kappa shape index (κ1) is 14.3. The van der Waals surface area contributed by atoms with E-state index in [9.17, 15) is 4.79 Å². The van der Waals surface area contributed by atoms with Crippen molar-refractivity contribution < 1.29 is 9.53 Å². The van der Waals surface area contributed by atoms with E-state index >= 15 is 0 Å². The Bertz CT molecular complexity index is 458. The Balaban J connectivity index is 1.96. The van der Waals surface area contributed by atoms with Crippen molar-refractivity contribution in [3.05, 3.63) is 36.5 Å². The number of carbonyl (C=O) groups is 1. The Morgan fingerprint density at radius 3 is 3.00 bits per heavy atom. The maximum absolute atomic E-state index is 11.5. The lowest BCUT2D eigenvalue weighted by molar-refractivity contribution is 0.122. The van der Waals surface area contributed by atoms with E-state index in [0.29, 0.717) is 26.3 Å². The lowest BCUT2D eigenvalue weighted by Gasteiger charge is -2.29. The van der Waals surface area contributed by atoms with E-state index in [2.05, 4.69) is 27.1 Å². The van der Waals surface area contributed by atoms with Crippen molar-refractivity contribution in [1.29, 1.82) is 0 Å². The van der Waals surface area contributed by atoms with E-state index in [1.165, 1.54) is 0 Å². The third kappa shape index (κ3) is 3.96. The smallest absolute Gasteiger partial charge is 0.315 e. The third-order valence-electron chi connectivity index (χ3n) is 3.02. The molecule has 6 heteroatoms. The van der Waals surface area contributed by atoms with Gasteiger partial charge in [0.2, 0.25) is 0 Å². The fourth-order valence-corrected chi connectivity index (χ4v) is 2.03. The van der Waals surface area contributed by atoms with Gasteiger partial charge in [-0.2, -0.15) is 0 Å². The summed E-state index contributed by atoms with van der Waals surface area (Å²) in [4.78, 5) is 18.1. The van der Waals surface area contributed by atoms with Crippen molar-refractivity contribution in [2.75, 3.05) is 37.7 Å². The average Bonchev–Trinajstić information content (AvgIpc) is 2.52. The molecule has 2 amide bonds. The first-order valence-electron chi connectivity index (χ1n) is 6.70. The lowest BCUT2D eigenvalue weighted by atomic mass is 10.2. The second kappa shape index (κ2) is 7.49. The van der Waals surface area contributed by atoms with E-state index < -0.39 is 0 Å². The number of rotatable bonds is 5. The molecule has 1 aromatic rings. The van der Waals surface area contributed by atoms with Crippen LogP contribution in [0.25, 0.3) is 0 Å². The number of aromatic nitrogens is 1. The molecule has 0 aromatic carbocycles. The van der Waals surface area contributed by atoms with Gasteiger partial charge >= 0.3 is 6.03 Å². The van der Waals surface area contributed by atoms with E-state index in [-0.39, 0.29) is 6.03 Å². The summed E-state index contributed by atoms with van der Waals surface area (Å²) in [6.45, 7) is 7.53. The van der Waals surface area contributed by atoms with Gasteiger partial charge in [0.15, 0.2) is 0 Å². The summed E-state index contributed by atoms with van der Waals surface area (Å²) in [7, 11) is 0. The van der Waals surface area contributed by atoms with Crippen molar-refractivity contribution in [3.8, 4) is 0 Å². The standard InChI is InChI=1S/C14H20N4O2/c1-2-5-16-14(19)17-11-12-4-3-6-15-13(12)18-7-9-20-10-8-18/h2-4,6H,1,5,7-11H2,(H2,16,17,19). The molecule has 2 N–H and O–H groups in total. The van der Waals surface area contributed by atoms with Gasteiger partial charge in [-0.25, -0.2) is 9.78 Å². The average molecular weight is 276 g/mol. The molecule has 6 nitrogen and oxygen atoms in total. The third-order valence-corrected chi connectivity index (χ3v) is 3.02. The molecule has 1 aliphatic rings. The van der Waals surface area contributed by atoms with E-state index in [0.717, 1.165) is 24.5 Å². The van der Waals surface area contributed by atoms with Crippen LogP contribution in [-0.4, -0.2) is 43.9 Å². The molecule has 0 bridgehead atoms. The molecule has 1 fully saturated rings. The van der Waals surface area contributed by atoms with Crippen molar-refractivity contribution in [1.82, 2.24) is 15.6 Å². The summed E-state index contributed by atoms with van der Waals surface area (Å²) >= 11 is 0. The van der Waals surface area contributed by atoms with Gasteiger partial charge in [-0.05, 0) is 6.07 Å². The Morgan fingerprint density at radius 2 is 2.25 bits per heavy atom. The molecule has 0 saturated carbocycles. The highest BCUT2D eigenvalue weighted by Crippen LogP contribution is 2.18. The first-order chi connectivity index (χ1) is 9.81. The second-order valence-corrected chi connectivity index (χ2v) is 4.44. The number of morpholine rings is 1. The van der Waals surface area contributed by atoms with Gasteiger partial charge in [-0.1, -0.05) is 12.1 Å². The van der Waals surface area contributed by atoms with E-state index in [4.69, 9.17) is 4.74 Å². The molecule has 20 heavy (non-hydrogen) atoms. The Labute approximate surface area is 118 Å². The predicted octanol–water partition coefficient (Wildman–Crippen LogP) is 0.903. The summed E-state index contributed by atoms with van der Waals surface area (Å²) in [6.07, 6.45) is 3.41. The minimum Gasteiger partial charge on any atom is -0.378 e. The number of hydrogen-bond donors (Lipinski definition) is 2. The molecule has 2 rings (SSSR count). The van der Waals surface area contributed by atoms with Crippen LogP contribution in [0.3, 0.4) is 0 Å². The summed E-state index contributed by atoms with van der Waals surface area (Å²) in [5, 5.41) is 5.50. The highest BCUT2D eigenvalue weighted by molar-refractivity contribution is 5.74. The minimum absolute atomic E-state index is 0.207. The molecule has 0 spiro atoms. The zero-order chi connectivity index (χ0) is 14.2. The number of amides is 2. The highest BCUT2D eigenvalue weighted by Gasteiger charge is 2.15. The highest BCUT2D eigenvalue weighted by atomic mass is 16.5. The molecule has 1 aromatic heterocycles. The largest absolute Gasteiger partial charge is 0.378 e. The number of nitrogens with zero attached hydrogens (tertiary/aromatic N) is 2. The second-order valence-electron chi connectivity index (χ2n) is 4.44. The minimum atomic E-state index is -0.207. The zero-order valence-electron chi connectivity index (χ0n) is 11.5. The molecular weight excluding hydrogens is 256 g/mol. The number of nitrogens with one attached hydrogen (secondary N) is 2. The van der Waals surface area contributed by atoms with Gasteiger partial charge in [-0.15, -0.1) is 6.58 Å². The van der Waals surface area contributed by atoms with Crippen molar-refractivity contribution >= 4 is 11.8 Å². The molecule has 0 aliphatic carbocycles. The number of anilines is 1. The van der Waals surface area contributed by atoms with Crippen LogP contribution in [0.4, 0.5) is 10.6 Å². The SMILES string of the molecule is C=CCNC(=O)NCc1cccnc1N1CCOCC1. The molecular formula is C14H20N4O2. The van der Waals surface area contributed by atoms with Crippen molar-refractivity contribution in [2.24, 2.45) is 0 Å². The number of urea groups is 1. The number of carbonyl (C=O) groups excluding carboxylic acids is 1. The van der Waals surface area contributed by atoms with Crippen LogP contribution < -0.4 is 15.5 Å². The lowest BCUT2D eigenvalue weighted by Crippen LogP contribution is -2.39. The molecule has 2 heterocycles. The maximum atomic E-state index is 11.5. The van der Waals surface area contributed by atoms with Gasteiger partial charge in [0, 0.05) is 37.9 Å². The number of hydrogen-bond acceptors (Lipinski definition) is 4. The molecule has 0 unspecified atom stereocenters. The number of ether oxygens (including phenoxy) is 1. The van der Waals surface area contributed by atoms with Crippen LogP contribution in [0.2, 0.25) is 0 Å². The van der Waals surface area contributed by atoms with Crippen LogP contribution in [0, 0.1) is 0 Å². The van der Waals surface area contributed by atoms with Crippen LogP contribution >= 0.6 is 0 Å². The fraction of sp³-hybridized carbons (Fsp3) is 0.429. The van der Waals surface area contributed by atoms with Crippen LogP contribution in [0.1, 0.15) is 5.56 Å². The Morgan fingerprint density at radius 1 is 1.45 bits per heavy atom. The topological polar surface area (TPSA) is 66.5 Å². The van der Waals surface area contributed by atoms with Crippen molar-refractivity contribution in [2.45, 2.75) is 6.54 Å². The van der Waals surface area contributed by atoms with Crippen molar-refractivity contribution in [3.63, 3.8) is 0 Å². The zero-order valence-corrected chi connectivity index (χ0v) is 11.5. The van der Waals surface area contributed by atoms with Gasteiger partial charge in [-0.3, -0.25) is 0 Å². The van der Waals surface area contributed by atoms with E-state index in [1.54, 1.807) is 12.3 Å². The molecule has 1 saturated heterocycles. The quantitative estimate of drug-likeness (QED) is 0.784. The van der Waals surface area contributed by atoms with E-state index in [1.807, 2.05) is 12.1 Å². The van der Waals surface area contributed by atoms with Crippen LogP contribution in [0.5, 0.6) is 0 Å². The van der Waals surface area contributed by atoms with Crippen LogP contribution in [-0.2, 0) is 11.3 Å².